The van der Waals surface area contributed by atoms with Crippen molar-refractivity contribution in [3.05, 3.63) is 0 Å². The number of likely N-dealkylation sites (tertiary alicyclic amines) is 1. The fraction of sp³-hybridized carbons (Fsp3) is 1.00. The van der Waals surface area contributed by atoms with E-state index in [-0.39, 0.29) is 12.1 Å². The summed E-state index contributed by atoms with van der Waals surface area (Å²) in [6.07, 6.45) is 6.45. The Hall–Kier alpha value is -0.120. The van der Waals surface area contributed by atoms with Gasteiger partial charge in [0.05, 0.1) is 12.1 Å². The number of rotatable bonds is 7. The van der Waals surface area contributed by atoms with Crippen molar-refractivity contribution in [1.82, 2.24) is 10.2 Å². The lowest BCUT2D eigenvalue weighted by Crippen LogP contribution is -2.61. The summed E-state index contributed by atoms with van der Waals surface area (Å²) >= 11 is 0. The molecule has 2 rings (SSSR count). The topological polar surface area (TPSA) is 35.5 Å². The molecular formula is C17H34N2O. The fourth-order valence-corrected chi connectivity index (χ4v) is 3.73. The third-order valence-electron chi connectivity index (χ3n) is 5.64. The van der Waals surface area contributed by atoms with Crippen molar-refractivity contribution < 1.29 is 5.11 Å². The summed E-state index contributed by atoms with van der Waals surface area (Å²) in [5, 5.41) is 13.7. The van der Waals surface area contributed by atoms with Gasteiger partial charge in [0.2, 0.25) is 0 Å². The molecule has 1 heterocycles. The van der Waals surface area contributed by atoms with E-state index < -0.39 is 0 Å². The van der Waals surface area contributed by atoms with Crippen LogP contribution in [0.1, 0.15) is 59.8 Å². The van der Waals surface area contributed by atoms with Gasteiger partial charge in [-0.2, -0.15) is 0 Å². The van der Waals surface area contributed by atoms with Gasteiger partial charge >= 0.3 is 0 Å². The largest absolute Gasteiger partial charge is 0.394 e. The van der Waals surface area contributed by atoms with E-state index in [1.54, 1.807) is 0 Å². The lowest BCUT2D eigenvalue weighted by molar-refractivity contribution is 0.0478. The molecule has 3 heteroatoms. The van der Waals surface area contributed by atoms with Crippen molar-refractivity contribution in [2.75, 3.05) is 26.2 Å². The lowest BCUT2D eigenvalue weighted by Gasteiger charge is -2.44. The van der Waals surface area contributed by atoms with Crippen LogP contribution < -0.4 is 5.32 Å². The average Bonchev–Trinajstić information content (AvgIpc) is 3.25. The van der Waals surface area contributed by atoms with Gasteiger partial charge in [-0.05, 0) is 50.1 Å². The molecule has 1 unspecified atom stereocenters. The van der Waals surface area contributed by atoms with Gasteiger partial charge < -0.3 is 15.3 Å². The molecule has 1 saturated carbocycles. The van der Waals surface area contributed by atoms with E-state index in [1.165, 1.54) is 45.2 Å². The Morgan fingerprint density at radius 2 is 1.90 bits per heavy atom. The molecule has 0 spiro atoms. The third-order valence-corrected chi connectivity index (χ3v) is 5.64. The Balaban J connectivity index is 1.95. The molecule has 1 atom stereocenters. The highest BCUT2D eigenvalue weighted by atomic mass is 16.3. The van der Waals surface area contributed by atoms with Crippen LogP contribution >= 0.6 is 0 Å². The summed E-state index contributed by atoms with van der Waals surface area (Å²) in [6, 6.07) is 0.438. The molecule has 1 aliphatic heterocycles. The van der Waals surface area contributed by atoms with Crippen molar-refractivity contribution in [3.63, 3.8) is 0 Å². The number of nitrogens with one attached hydrogen (secondary N) is 1. The molecule has 3 nitrogen and oxygen atoms in total. The van der Waals surface area contributed by atoms with E-state index >= 15 is 0 Å². The van der Waals surface area contributed by atoms with Gasteiger partial charge in [-0.1, -0.05) is 34.1 Å². The highest BCUT2D eigenvalue weighted by molar-refractivity contribution is 5.04. The minimum absolute atomic E-state index is 0.0614. The van der Waals surface area contributed by atoms with Crippen LogP contribution in [-0.2, 0) is 0 Å². The van der Waals surface area contributed by atoms with Crippen LogP contribution in [0.15, 0.2) is 0 Å². The first-order valence-electron chi connectivity index (χ1n) is 8.54. The Morgan fingerprint density at radius 3 is 2.30 bits per heavy atom. The second-order valence-electron chi connectivity index (χ2n) is 7.83. The summed E-state index contributed by atoms with van der Waals surface area (Å²) in [7, 11) is 0. The first-order chi connectivity index (χ1) is 9.43. The number of hydrogen-bond acceptors (Lipinski definition) is 3. The Labute approximate surface area is 125 Å². The number of aliphatic hydroxyl groups excluding tert-OH is 1. The predicted octanol–water partition coefficient (Wildman–Crippen LogP) is 2.64. The Morgan fingerprint density at radius 1 is 1.30 bits per heavy atom. The maximum absolute atomic E-state index is 10.0. The third kappa shape index (κ3) is 3.75. The zero-order chi connectivity index (χ0) is 14.8. The highest BCUT2D eigenvalue weighted by Gasteiger charge is 2.46. The van der Waals surface area contributed by atoms with Gasteiger partial charge in [0.15, 0.2) is 0 Å². The van der Waals surface area contributed by atoms with Crippen molar-refractivity contribution in [1.29, 1.82) is 0 Å². The summed E-state index contributed by atoms with van der Waals surface area (Å²) in [4.78, 5) is 2.58. The van der Waals surface area contributed by atoms with Gasteiger partial charge in [0.1, 0.15) is 0 Å². The van der Waals surface area contributed by atoms with E-state index in [0.29, 0.717) is 17.4 Å². The van der Waals surface area contributed by atoms with Crippen molar-refractivity contribution in [2.24, 2.45) is 11.3 Å². The first kappa shape index (κ1) is 16.3. The van der Waals surface area contributed by atoms with Gasteiger partial charge in [-0.15, -0.1) is 0 Å². The molecule has 0 radical (unpaired) electrons. The molecule has 0 aromatic carbocycles. The quantitative estimate of drug-likeness (QED) is 0.753. The van der Waals surface area contributed by atoms with Crippen LogP contribution in [0.3, 0.4) is 0 Å². The zero-order valence-electron chi connectivity index (χ0n) is 13.9. The summed E-state index contributed by atoms with van der Waals surface area (Å²) in [5.74, 6) is 0.675. The van der Waals surface area contributed by atoms with Crippen molar-refractivity contribution in [2.45, 2.75) is 71.4 Å². The second-order valence-corrected chi connectivity index (χ2v) is 7.83. The molecule has 0 aromatic heterocycles. The average molecular weight is 282 g/mol. The maximum atomic E-state index is 10.0. The summed E-state index contributed by atoms with van der Waals surface area (Å²) in [5.41, 5.74) is 0.484. The van der Waals surface area contributed by atoms with Crippen LogP contribution in [0.25, 0.3) is 0 Å². The van der Waals surface area contributed by atoms with Crippen molar-refractivity contribution in [3.8, 4) is 0 Å². The molecule has 1 aliphatic carbocycles. The van der Waals surface area contributed by atoms with E-state index in [0.717, 1.165) is 6.54 Å². The van der Waals surface area contributed by atoms with Gasteiger partial charge in [0, 0.05) is 12.6 Å². The number of hydrogen-bond donors (Lipinski definition) is 2. The van der Waals surface area contributed by atoms with Crippen molar-refractivity contribution >= 4 is 0 Å². The summed E-state index contributed by atoms with van der Waals surface area (Å²) in [6.45, 7) is 12.8. The molecule has 2 N–H and O–H groups in total. The van der Waals surface area contributed by atoms with E-state index in [4.69, 9.17) is 0 Å². The van der Waals surface area contributed by atoms with Gasteiger partial charge in [-0.3, -0.25) is 0 Å². The number of piperidine rings is 1. The zero-order valence-corrected chi connectivity index (χ0v) is 13.9. The van der Waals surface area contributed by atoms with E-state index in [9.17, 15) is 5.11 Å². The van der Waals surface area contributed by atoms with E-state index in [2.05, 4.69) is 37.9 Å². The molecule has 0 amide bonds. The summed E-state index contributed by atoms with van der Waals surface area (Å²) < 4.78 is 0. The minimum atomic E-state index is -0.0614. The van der Waals surface area contributed by atoms with E-state index in [1.807, 2.05) is 0 Å². The standard InChI is InChI=1S/C17H34N2O/c1-5-16(4)8-10-19(11-9-16)12-17(13-20,15-6-7-15)18-14(2)3/h14-15,18,20H,5-13H2,1-4H3. The highest BCUT2D eigenvalue weighted by Crippen LogP contribution is 2.41. The first-order valence-corrected chi connectivity index (χ1v) is 8.54. The molecule has 0 aromatic rings. The van der Waals surface area contributed by atoms with Gasteiger partial charge in [-0.25, -0.2) is 0 Å². The molecule has 118 valence electrons. The molecule has 2 aliphatic rings. The van der Waals surface area contributed by atoms with Crippen LogP contribution in [0.4, 0.5) is 0 Å². The molecule has 0 bridgehead atoms. The molecule has 20 heavy (non-hydrogen) atoms. The number of nitrogens with zero attached hydrogens (tertiary/aromatic N) is 1. The van der Waals surface area contributed by atoms with Gasteiger partial charge in [0.25, 0.3) is 0 Å². The van der Waals surface area contributed by atoms with Crippen LogP contribution in [0.2, 0.25) is 0 Å². The molecular weight excluding hydrogens is 248 g/mol. The maximum Gasteiger partial charge on any atom is 0.0628 e. The smallest absolute Gasteiger partial charge is 0.0628 e. The Bertz CT molecular complexity index is 306. The van der Waals surface area contributed by atoms with Crippen LogP contribution in [0, 0.1) is 11.3 Å². The van der Waals surface area contributed by atoms with Crippen LogP contribution in [0.5, 0.6) is 0 Å². The predicted molar refractivity (Wildman–Crippen MR) is 84.9 cm³/mol. The monoisotopic (exact) mass is 282 g/mol. The van der Waals surface area contributed by atoms with Crippen LogP contribution in [-0.4, -0.2) is 47.8 Å². The molecule has 2 fully saturated rings. The number of aliphatic hydroxyl groups is 1. The SMILES string of the molecule is CCC1(C)CCN(CC(CO)(NC(C)C)C2CC2)CC1. The second kappa shape index (κ2) is 6.33. The normalized spacial score (nSPS) is 26.7. The molecule has 1 saturated heterocycles. The fourth-order valence-electron chi connectivity index (χ4n) is 3.73. The Kier molecular flexibility index (Phi) is 5.14. The lowest BCUT2D eigenvalue weighted by atomic mass is 9.78. The minimum Gasteiger partial charge on any atom is -0.394 e.